The molecule has 2 rings (SSSR count). The van der Waals surface area contributed by atoms with E-state index in [1.54, 1.807) is 6.92 Å². The molecule has 0 saturated carbocycles. The van der Waals surface area contributed by atoms with Crippen LogP contribution < -0.4 is 16.0 Å². The Hall–Kier alpha value is -2.66. The molecular weight excluding hydrogens is 326 g/mol. The fourth-order valence-corrected chi connectivity index (χ4v) is 2.71. The van der Waals surface area contributed by atoms with E-state index in [4.69, 9.17) is 0 Å². The third kappa shape index (κ3) is 5.70. The van der Waals surface area contributed by atoms with Crippen molar-refractivity contribution < 1.29 is 9.59 Å². The second kappa shape index (κ2) is 9.73. The Morgan fingerprint density at radius 3 is 2.19 bits per heavy atom. The monoisotopic (exact) mass is 353 g/mol. The standard InChI is InChI=1S/C21H27N3O2/c1-4-22-21(26)16(3)24-19(25)14-23-20(17-8-6-5-7-9-17)18-12-10-15(2)11-13-18/h5-13,16,20,23H,4,14H2,1-3H3,(H,22,26)(H,24,25)/t16-,20+/m0/s1. The molecule has 138 valence electrons. The number of rotatable bonds is 8. The highest BCUT2D eigenvalue weighted by atomic mass is 16.2. The normalized spacial score (nSPS) is 12.9. The smallest absolute Gasteiger partial charge is 0.242 e. The summed E-state index contributed by atoms with van der Waals surface area (Å²) in [7, 11) is 0. The molecule has 0 saturated heterocycles. The van der Waals surface area contributed by atoms with Gasteiger partial charge in [-0.25, -0.2) is 0 Å². The lowest BCUT2D eigenvalue weighted by Crippen LogP contribution is -2.47. The van der Waals surface area contributed by atoms with Crippen molar-refractivity contribution in [2.45, 2.75) is 32.9 Å². The Balaban J connectivity index is 2.04. The third-order valence-corrected chi connectivity index (χ3v) is 4.13. The highest BCUT2D eigenvalue weighted by Gasteiger charge is 2.18. The minimum Gasteiger partial charge on any atom is -0.355 e. The zero-order valence-electron chi connectivity index (χ0n) is 15.6. The lowest BCUT2D eigenvalue weighted by Gasteiger charge is -2.21. The van der Waals surface area contributed by atoms with Crippen LogP contribution in [0, 0.1) is 6.92 Å². The Kier molecular flexibility index (Phi) is 7.36. The summed E-state index contributed by atoms with van der Waals surface area (Å²) in [5.41, 5.74) is 3.36. The number of aryl methyl sites for hydroxylation is 1. The van der Waals surface area contributed by atoms with E-state index in [1.165, 1.54) is 5.56 Å². The quantitative estimate of drug-likeness (QED) is 0.682. The van der Waals surface area contributed by atoms with E-state index in [0.717, 1.165) is 11.1 Å². The second-order valence-electron chi connectivity index (χ2n) is 6.32. The van der Waals surface area contributed by atoms with Gasteiger partial charge in [0.05, 0.1) is 12.6 Å². The maximum Gasteiger partial charge on any atom is 0.242 e. The summed E-state index contributed by atoms with van der Waals surface area (Å²) in [5.74, 6) is -0.393. The van der Waals surface area contributed by atoms with Crippen LogP contribution in [0.25, 0.3) is 0 Å². The zero-order chi connectivity index (χ0) is 18.9. The molecule has 5 nitrogen and oxygen atoms in total. The van der Waals surface area contributed by atoms with E-state index in [1.807, 2.05) is 44.2 Å². The van der Waals surface area contributed by atoms with Crippen molar-refractivity contribution >= 4 is 11.8 Å². The first-order chi connectivity index (χ1) is 12.5. The first-order valence-corrected chi connectivity index (χ1v) is 8.93. The molecule has 0 aliphatic heterocycles. The Morgan fingerprint density at radius 1 is 0.962 bits per heavy atom. The number of carbonyl (C=O) groups excluding carboxylic acids is 2. The molecule has 26 heavy (non-hydrogen) atoms. The summed E-state index contributed by atoms with van der Waals surface area (Å²) in [6, 6.07) is 17.6. The van der Waals surface area contributed by atoms with Gasteiger partial charge < -0.3 is 10.6 Å². The molecule has 0 aliphatic rings. The van der Waals surface area contributed by atoms with Crippen molar-refractivity contribution in [2.24, 2.45) is 0 Å². The summed E-state index contributed by atoms with van der Waals surface area (Å²) >= 11 is 0. The number of hydrogen-bond acceptors (Lipinski definition) is 3. The average Bonchev–Trinajstić information content (AvgIpc) is 2.64. The first kappa shape index (κ1) is 19.7. The third-order valence-electron chi connectivity index (χ3n) is 4.13. The molecule has 0 radical (unpaired) electrons. The van der Waals surface area contributed by atoms with Crippen LogP contribution in [-0.4, -0.2) is 30.9 Å². The molecule has 0 bridgehead atoms. The largest absolute Gasteiger partial charge is 0.355 e. The summed E-state index contributed by atoms with van der Waals surface area (Å²) in [6.07, 6.45) is 0. The van der Waals surface area contributed by atoms with E-state index in [0.29, 0.717) is 6.54 Å². The first-order valence-electron chi connectivity index (χ1n) is 8.93. The molecule has 2 amide bonds. The zero-order valence-corrected chi connectivity index (χ0v) is 15.6. The molecule has 0 heterocycles. The SMILES string of the molecule is CCNC(=O)[C@H](C)NC(=O)CN[C@H](c1ccccc1)c1ccc(C)cc1. The Morgan fingerprint density at radius 2 is 1.58 bits per heavy atom. The lowest BCUT2D eigenvalue weighted by molar-refractivity contribution is -0.128. The highest BCUT2D eigenvalue weighted by Crippen LogP contribution is 2.22. The predicted octanol–water partition coefficient (Wildman–Crippen LogP) is 2.31. The van der Waals surface area contributed by atoms with E-state index in [2.05, 4.69) is 40.2 Å². The maximum atomic E-state index is 12.2. The van der Waals surface area contributed by atoms with E-state index in [-0.39, 0.29) is 24.4 Å². The van der Waals surface area contributed by atoms with Crippen LogP contribution in [0.1, 0.15) is 36.6 Å². The molecule has 0 spiro atoms. The fraction of sp³-hybridized carbons (Fsp3) is 0.333. The van der Waals surface area contributed by atoms with Gasteiger partial charge in [-0.1, -0.05) is 60.2 Å². The number of hydrogen-bond donors (Lipinski definition) is 3. The average molecular weight is 353 g/mol. The number of benzene rings is 2. The van der Waals surface area contributed by atoms with Crippen LogP contribution in [-0.2, 0) is 9.59 Å². The molecule has 2 aromatic rings. The molecule has 0 unspecified atom stereocenters. The summed E-state index contributed by atoms with van der Waals surface area (Å²) in [4.78, 5) is 24.0. The Bertz CT molecular complexity index is 714. The van der Waals surface area contributed by atoms with Gasteiger partial charge in [0, 0.05) is 6.54 Å². The number of carbonyl (C=O) groups is 2. The summed E-state index contributed by atoms with van der Waals surface area (Å²) in [5, 5.41) is 8.72. The highest BCUT2D eigenvalue weighted by molar-refractivity contribution is 5.87. The van der Waals surface area contributed by atoms with Gasteiger partial charge in [-0.05, 0) is 31.9 Å². The Labute approximate surface area is 155 Å². The van der Waals surface area contributed by atoms with Gasteiger partial charge in [0.2, 0.25) is 11.8 Å². The minimum atomic E-state index is -0.557. The van der Waals surface area contributed by atoms with Crippen molar-refractivity contribution in [3.05, 3.63) is 71.3 Å². The van der Waals surface area contributed by atoms with Crippen LogP contribution in [0.5, 0.6) is 0 Å². The molecule has 0 fully saturated rings. The predicted molar refractivity (Wildman–Crippen MR) is 104 cm³/mol. The minimum absolute atomic E-state index is 0.0951. The van der Waals surface area contributed by atoms with Crippen LogP contribution in [0.4, 0.5) is 0 Å². The van der Waals surface area contributed by atoms with E-state index < -0.39 is 6.04 Å². The van der Waals surface area contributed by atoms with Gasteiger partial charge >= 0.3 is 0 Å². The van der Waals surface area contributed by atoms with Crippen molar-refractivity contribution in [3.8, 4) is 0 Å². The van der Waals surface area contributed by atoms with Gasteiger partial charge in [-0.2, -0.15) is 0 Å². The van der Waals surface area contributed by atoms with Gasteiger partial charge in [-0.15, -0.1) is 0 Å². The summed E-state index contributed by atoms with van der Waals surface area (Å²) < 4.78 is 0. The molecule has 2 atom stereocenters. The number of amides is 2. The molecule has 5 heteroatoms. The molecule has 3 N–H and O–H groups in total. The van der Waals surface area contributed by atoms with Gasteiger partial charge in [-0.3, -0.25) is 14.9 Å². The van der Waals surface area contributed by atoms with Gasteiger partial charge in [0.1, 0.15) is 6.04 Å². The van der Waals surface area contributed by atoms with Crippen molar-refractivity contribution in [1.82, 2.24) is 16.0 Å². The molecule has 2 aromatic carbocycles. The molecule has 0 aliphatic carbocycles. The number of likely N-dealkylation sites (N-methyl/N-ethyl adjacent to an activating group) is 1. The molecule has 0 aromatic heterocycles. The van der Waals surface area contributed by atoms with Crippen molar-refractivity contribution in [3.63, 3.8) is 0 Å². The van der Waals surface area contributed by atoms with Crippen molar-refractivity contribution in [1.29, 1.82) is 0 Å². The summed E-state index contributed by atoms with van der Waals surface area (Å²) in [6.45, 7) is 6.24. The van der Waals surface area contributed by atoms with Crippen molar-refractivity contribution in [2.75, 3.05) is 13.1 Å². The van der Waals surface area contributed by atoms with Crippen LogP contribution >= 0.6 is 0 Å². The van der Waals surface area contributed by atoms with E-state index >= 15 is 0 Å². The van der Waals surface area contributed by atoms with Crippen LogP contribution in [0.2, 0.25) is 0 Å². The van der Waals surface area contributed by atoms with E-state index in [9.17, 15) is 9.59 Å². The topological polar surface area (TPSA) is 70.2 Å². The van der Waals surface area contributed by atoms with Gasteiger partial charge in [0.25, 0.3) is 0 Å². The second-order valence-corrected chi connectivity index (χ2v) is 6.32. The molecular formula is C21H27N3O2. The maximum absolute atomic E-state index is 12.2. The lowest BCUT2D eigenvalue weighted by atomic mass is 9.98. The fourth-order valence-electron chi connectivity index (χ4n) is 2.71. The number of nitrogens with one attached hydrogen (secondary N) is 3. The van der Waals surface area contributed by atoms with Crippen LogP contribution in [0.3, 0.4) is 0 Å². The van der Waals surface area contributed by atoms with Gasteiger partial charge in [0.15, 0.2) is 0 Å². The van der Waals surface area contributed by atoms with Crippen LogP contribution in [0.15, 0.2) is 54.6 Å².